The van der Waals surface area contributed by atoms with Crippen molar-refractivity contribution in [1.82, 2.24) is 9.80 Å². The Morgan fingerprint density at radius 2 is 1.71 bits per heavy atom. The van der Waals surface area contributed by atoms with E-state index in [1.807, 2.05) is 4.90 Å². The smallest absolute Gasteiger partial charge is 0.361 e. The first-order valence-electron chi connectivity index (χ1n) is 11.6. The number of ether oxygens (including phenoxy) is 3. The van der Waals surface area contributed by atoms with Gasteiger partial charge in [-0.3, -0.25) is 14.5 Å². The molecule has 13 heteroatoms. The van der Waals surface area contributed by atoms with E-state index < -0.39 is 32.6 Å². The van der Waals surface area contributed by atoms with E-state index in [4.69, 9.17) is 19.9 Å². The Bertz CT molecular complexity index is 979. The molecule has 2 aliphatic rings. The molecule has 2 atom stereocenters. The van der Waals surface area contributed by atoms with Crippen molar-refractivity contribution in [3.8, 4) is 5.75 Å². The van der Waals surface area contributed by atoms with Gasteiger partial charge in [-0.25, -0.2) is 0 Å². The summed E-state index contributed by atoms with van der Waals surface area (Å²) in [5.74, 6) is -1.30. The van der Waals surface area contributed by atoms with Gasteiger partial charge in [-0.15, -0.1) is 0 Å². The molecule has 0 radical (unpaired) electrons. The molecule has 3 N–H and O–H groups in total. The Balaban J connectivity index is 1.93. The molecular weight excluding hydrogens is 480 g/mol. The molecule has 0 aromatic heterocycles. The number of hydroxylamine groups is 2. The van der Waals surface area contributed by atoms with Gasteiger partial charge < -0.3 is 24.8 Å². The van der Waals surface area contributed by atoms with Gasteiger partial charge in [0.1, 0.15) is 12.3 Å². The summed E-state index contributed by atoms with van der Waals surface area (Å²) in [4.78, 5) is 28.7. The average Bonchev–Trinajstić information content (AvgIpc) is 2.88. The largest absolute Gasteiger partial charge is 0.495 e. The second-order valence-corrected chi connectivity index (χ2v) is 10.5. The number of methoxy groups -OCH3 is 1. The maximum atomic E-state index is 13.9. The summed E-state index contributed by atoms with van der Waals surface area (Å²) >= 11 is 0. The zero-order valence-electron chi connectivity index (χ0n) is 20.0. The summed E-state index contributed by atoms with van der Waals surface area (Å²) in [7, 11) is -3.33. The van der Waals surface area contributed by atoms with Crippen molar-refractivity contribution in [3.63, 3.8) is 0 Å². The van der Waals surface area contributed by atoms with Crippen LogP contribution in [0.25, 0.3) is 0 Å². The first-order chi connectivity index (χ1) is 16.7. The summed E-state index contributed by atoms with van der Waals surface area (Å²) in [6.07, 6.45) is -0.321. The van der Waals surface area contributed by atoms with E-state index in [1.54, 1.807) is 11.0 Å². The van der Waals surface area contributed by atoms with Crippen LogP contribution in [0.2, 0.25) is 0 Å². The van der Waals surface area contributed by atoms with Crippen LogP contribution in [0.4, 0.5) is 0 Å². The molecule has 35 heavy (non-hydrogen) atoms. The highest BCUT2D eigenvalue weighted by molar-refractivity contribution is 7.86. The van der Waals surface area contributed by atoms with E-state index in [9.17, 15) is 23.2 Å². The second-order valence-electron chi connectivity index (χ2n) is 8.51. The van der Waals surface area contributed by atoms with E-state index in [2.05, 4.69) is 0 Å². The molecule has 2 saturated heterocycles. The highest BCUT2D eigenvalue weighted by Crippen LogP contribution is 2.33. The topological polar surface area (TPSA) is 149 Å². The quantitative estimate of drug-likeness (QED) is 0.291. The average molecular weight is 516 g/mol. The molecule has 2 aliphatic heterocycles. The van der Waals surface area contributed by atoms with Gasteiger partial charge in [0.05, 0.1) is 40.0 Å². The fraction of sp³-hybridized carbons (Fsp3) is 0.636. The number of sulfonamides is 1. The first-order valence-corrected chi connectivity index (χ1v) is 13.1. The summed E-state index contributed by atoms with van der Waals surface area (Å²) in [6.45, 7) is 3.57. The van der Waals surface area contributed by atoms with Crippen LogP contribution in [-0.4, -0.2) is 118 Å². The lowest BCUT2D eigenvalue weighted by Crippen LogP contribution is -2.63. The Kier molecular flexibility index (Phi) is 9.44. The predicted octanol–water partition coefficient (Wildman–Crippen LogP) is -0.585. The number of carbonyl (C=O) groups is 2. The molecule has 2 heterocycles. The van der Waals surface area contributed by atoms with Crippen LogP contribution < -0.4 is 10.5 Å². The van der Waals surface area contributed by atoms with Crippen LogP contribution in [0, 0.1) is 0 Å². The minimum absolute atomic E-state index is 0.0138. The number of morpholine rings is 2. The van der Waals surface area contributed by atoms with E-state index in [0.717, 1.165) is 0 Å². The van der Waals surface area contributed by atoms with Crippen LogP contribution >= 0.6 is 0 Å². The molecule has 2 fully saturated rings. The molecule has 0 bridgehead atoms. The van der Waals surface area contributed by atoms with Crippen LogP contribution in [0.1, 0.15) is 12.8 Å². The number of para-hydroxylation sites is 1. The molecule has 0 spiro atoms. The normalized spacial score (nSPS) is 20.1. The Hall–Kier alpha value is -2.29. The van der Waals surface area contributed by atoms with E-state index >= 15 is 0 Å². The highest BCUT2D eigenvalue weighted by Gasteiger charge is 2.53. The zero-order valence-corrected chi connectivity index (χ0v) is 20.8. The van der Waals surface area contributed by atoms with Crippen molar-refractivity contribution in [2.24, 2.45) is 5.73 Å². The number of nitrogens with two attached hydrogens (primary N) is 1. The number of benzene rings is 1. The lowest BCUT2D eigenvalue weighted by molar-refractivity contribution is -1.01. The third-order valence-electron chi connectivity index (χ3n) is 6.41. The van der Waals surface area contributed by atoms with Crippen molar-refractivity contribution < 1.29 is 41.5 Å². The van der Waals surface area contributed by atoms with Gasteiger partial charge in [0.25, 0.3) is 5.91 Å². The molecule has 1 unspecified atom stereocenters. The molecule has 2 amide bonds. The molecule has 196 valence electrons. The van der Waals surface area contributed by atoms with Gasteiger partial charge in [-0.2, -0.15) is 13.6 Å². The minimum atomic E-state index is -4.64. The monoisotopic (exact) mass is 515 g/mol. The number of hydrogen-bond donors (Lipinski definition) is 2. The number of rotatable bonds is 11. The maximum absolute atomic E-state index is 13.9. The Morgan fingerprint density at radius 3 is 2.31 bits per heavy atom. The SMILES string of the molecule is COc1ccccc1S(=O)(=O)[N+](O)(CCC(=O)N1CCOCC1)[C@H](CCN1CCOCC1)C(N)=O. The number of carbonyl (C=O) groups excluding carboxylic acids is 2. The lowest BCUT2D eigenvalue weighted by Gasteiger charge is -2.36. The van der Waals surface area contributed by atoms with Crippen LogP contribution in [0.3, 0.4) is 0 Å². The Morgan fingerprint density at radius 1 is 1.11 bits per heavy atom. The highest BCUT2D eigenvalue weighted by atomic mass is 32.2. The lowest BCUT2D eigenvalue weighted by atomic mass is 10.1. The molecular formula is C22H35N4O8S+. The molecule has 0 aliphatic carbocycles. The number of nitrogens with zero attached hydrogens (tertiary/aromatic N) is 3. The standard InChI is InChI=1S/C22H34N4O8S/c1-32-19-4-2-3-5-20(19)35(30,31)26(29,13-7-21(27)25-11-16-34-17-12-25)18(22(23)28)6-8-24-9-14-33-15-10-24/h2-5,18,29H,6-17H2,1H3,(H-,23,28)/p+1/t18-,26?/m1/s1. The number of quaternary nitrogens is 1. The van der Waals surface area contributed by atoms with Crippen LogP contribution in [-0.2, 0) is 29.1 Å². The van der Waals surface area contributed by atoms with Crippen LogP contribution in [0.5, 0.6) is 5.75 Å². The minimum Gasteiger partial charge on any atom is -0.495 e. The predicted molar refractivity (Wildman–Crippen MR) is 124 cm³/mol. The number of amides is 2. The Labute approximate surface area is 205 Å². The van der Waals surface area contributed by atoms with Gasteiger partial charge in [0.2, 0.25) is 11.9 Å². The molecule has 12 nitrogen and oxygen atoms in total. The number of hydrogen-bond acceptors (Lipinski definition) is 9. The summed E-state index contributed by atoms with van der Waals surface area (Å²) in [5.41, 5.74) is 5.67. The third kappa shape index (κ3) is 6.29. The molecule has 1 aromatic carbocycles. The third-order valence-corrected chi connectivity index (χ3v) is 8.57. The van der Waals surface area contributed by atoms with Gasteiger partial charge in [-0.05, 0) is 12.1 Å². The second kappa shape index (κ2) is 12.1. The van der Waals surface area contributed by atoms with Crippen molar-refractivity contribution >= 4 is 21.8 Å². The van der Waals surface area contributed by atoms with Gasteiger partial charge in [-0.1, -0.05) is 16.2 Å². The van der Waals surface area contributed by atoms with Gasteiger partial charge >= 0.3 is 10.0 Å². The zero-order chi connectivity index (χ0) is 25.5. The van der Waals surface area contributed by atoms with Crippen molar-refractivity contribution in [2.45, 2.75) is 23.8 Å². The van der Waals surface area contributed by atoms with E-state index in [1.165, 1.54) is 25.3 Å². The van der Waals surface area contributed by atoms with Crippen molar-refractivity contribution in [1.29, 1.82) is 0 Å². The summed E-state index contributed by atoms with van der Waals surface area (Å²) in [5, 5.41) is 11.8. The first kappa shape index (κ1) is 27.3. The van der Waals surface area contributed by atoms with Gasteiger partial charge in [0.15, 0.2) is 4.90 Å². The maximum Gasteiger partial charge on any atom is 0.361 e. The molecule has 0 saturated carbocycles. The van der Waals surface area contributed by atoms with Crippen molar-refractivity contribution in [2.75, 3.05) is 72.8 Å². The van der Waals surface area contributed by atoms with Gasteiger partial charge in [0, 0.05) is 39.1 Å². The summed E-state index contributed by atoms with van der Waals surface area (Å²) < 4.78 is 41.8. The van der Waals surface area contributed by atoms with Crippen molar-refractivity contribution in [3.05, 3.63) is 24.3 Å². The van der Waals surface area contributed by atoms with E-state index in [-0.39, 0.29) is 29.4 Å². The fourth-order valence-corrected chi connectivity index (χ4v) is 6.22. The van der Waals surface area contributed by atoms with Crippen LogP contribution in [0.15, 0.2) is 29.2 Å². The molecule has 3 rings (SSSR count). The summed E-state index contributed by atoms with van der Waals surface area (Å²) in [6, 6.07) is 4.32. The van der Waals surface area contributed by atoms with E-state index in [0.29, 0.717) is 59.2 Å². The fourth-order valence-electron chi connectivity index (χ4n) is 4.34. The molecule has 1 aromatic rings. The number of primary amides is 1.